The van der Waals surface area contributed by atoms with Gasteiger partial charge < -0.3 is 10.6 Å². The molecule has 8 heteroatoms. The largest absolute Gasteiger partial charge is 0.348 e. The van der Waals surface area contributed by atoms with Crippen molar-refractivity contribution < 1.29 is 4.39 Å². The van der Waals surface area contributed by atoms with Crippen molar-refractivity contribution in [2.24, 2.45) is 0 Å². The highest BCUT2D eigenvalue weighted by Gasteiger charge is 2.25. The number of rotatable bonds is 6. The third-order valence-electron chi connectivity index (χ3n) is 4.32. The average Bonchev–Trinajstić information content (AvgIpc) is 3.38. The molecule has 1 aromatic carbocycles. The topological polar surface area (TPSA) is 78.5 Å². The first-order valence-electron chi connectivity index (χ1n) is 8.45. The highest BCUT2D eigenvalue weighted by molar-refractivity contribution is 6.32. The molecule has 6 nitrogen and oxygen atoms in total. The quantitative estimate of drug-likeness (QED) is 0.580. The predicted molar refractivity (Wildman–Crippen MR) is 99.3 cm³/mol. The molecule has 0 aliphatic heterocycles. The standard InChI is InChI=1S/C18H18ClFN6/c1-10(11-4-6-13(20)7-5-11)22-18-21-9-14(19)17(24-18)23-16-8-15(25-26-16)12-2-3-12/h4-10,12H,2-3H2,1H3,(H3,21,22,23,24,25,26)/t10-/m0/s1. The summed E-state index contributed by atoms with van der Waals surface area (Å²) >= 11 is 6.20. The molecule has 2 aromatic heterocycles. The summed E-state index contributed by atoms with van der Waals surface area (Å²) < 4.78 is 13.1. The molecule has 1 atom stereocenters. The van der Waals surface area contributed by atoms with E-state index in [0.717, 1.165) is 11.3 Å². The SMILES string of the molecule is C[C@H](Nc1ncc(Cl)c(Nc2cc(C3CC3)[nH]n2)n1)c1ccc(F)cc1. The third kappa shape index (κ3) is 3.77. The minimum atomic E-state index is -0.264. The highest BCUT2D eigenvalue weighted by Crippen LogP contribution is 2.39. The molecule has 0 amide bonds. The van der Waals surface area contributed by atoms with Gasteiger partial charge in [0.15, 0.2) is 11.6 Å². The predicted octanol–water partition coefficient (Wildman–Crippen LogP) is 4.79. The molecule has 2 heterocycles. The molecule has 0 saturated heterocycles. The van der Waals surface area contributed by atoms with Gasteiger partial charge in [-0.2, -0.15) is 10.1 Å². The molecule has 26 heavy (non-hydrogen) atoms. The van der Waals surface area contributed by atoms with Crippen LogP contribution in [0.5, 0.6) is 0 Å². The zero-order chi connectivity index (χ0) is 18.1. The summed E-state index contributed by atoms with van der Waals surface area (Å²) in [7, 11) is 0. The van der Waals surface area contributed by atoms with Gasteiger partial charge in [-0.15, -0.1) is 0 Å². The first-order chi connectivity index (χ1) is 12.6. The van der Waals surface area contributed by atoms with E-state index in [1.807, 2.05) is 13.0 Å². The molecule has 1 saturated carbocycles. The third-order valence-corrected chi connectivity index (χ3v) is 4.60. The van der Waals surface area contributed by atoms with Gasteiger partial charge in [-0.25, -0.2) is 9.37 Å². The summed E-state index contributed by atoms with van der Waals surface area (Å²) in [5, 5.41) is 14.0. The van der Waals surface area contributed by atoms with Gasteiger partial charge in [0.05, 0.1) is 12.2 Å². The Morgan fingerprint density at radius 1 is 1.27 bits per heavy atom. The molecule has 0 radical (unpaired) electrons. The first-order valence-corrected chi connectivity index (χ1v) is 8.83. The van der Waals surface area contributed by atoms with E-state index in [2.05, 4.69) is 30.8 Å². The van der Waals surface area contributed by atoms with Gasteiger partial charge in [-0.05, 0) is 37.5 Å². The van der Waals surface area contributed by atoms with Crippen molar-refractivity contribution in [3.05, 3.63) is 58.6 Å². The second-order valence-electron chi connectivity index (χ2n) is 6.42. The van der Waals surface area contributed by atoms with E-state index in [-0.39, 0.29) is 11.9 Å². The van der Waals surface area contributed by atoms with Crippen molar-refractivity contribution in [2.75, 3.05) is 10.6 Å². The molecule has 0 spiro atoms. The van der Waals surface area contributed by atoms with Crippen molar-refractivity contribution >= 4 is 29.2 Å². The fourth-order valence-electron chi connectivity index (χ4n) is 2.68. The minimum absolute atomic E-state index is 0.0866. The van der Waals surface area contributed by atoms with E-state index < -0.39 is 0 Å². The molecule has 3 N–H and O–H groups in total. The Kier molecular flexibility index (Phi) is 4.46. The van der Waals surface area contributed by atoms with E-state index in [1.165, 1.54) is 31.2 Å². The second kappa shape index (κ2) is 6.92. The number of H-pyrrole nitrogens is 1. The fraction of sp³-hybridized carbons (Fsp3) is 0.278. The number of aromatic nitrogens is 4. The van der Waals surface area contributed by atoms with Crippen LogP contribution in [0.2, 0.25) is 5.02 Å². The van der Waals surface area contributed by atoms with Crippen molar-refractivity contribution in [3.8, 4) is 0 Å². The molecular formula is C18H18ClFN6. The first kappa shape index (κ1) is 16.8. The highest BCUT2D eigenvalue weighted by atomic mass is 35.5. The summed E-state index contributed by atoms with van der Waals surface area (Å²) in [6, 6.07) is 8.20. The lowest BCUT2D eigenvalue weighted by Crippen LogP contribution is -2.10. The van der Waals surface area contributed by atoms with Gasteiger partial charge in [0.1, 0.15) is 10.8 Å². The number of hydrogen-bond donors (Lipinski definition) is 3. The number of anilines is 3. The Labute approximate surface area is 155 Å². The number of nitrogens with one attached hydrogen (secondary N) is 3. The van der Waals surface area contributed by atoms with Crippen LogP contribution in [0.4, 0.5) is 22.0 Å². The lowest BCUT2D eigenvalue weighted by atomic mass is 10.1. The maximum absolute atomic E-state index is 13.1. The van der Waals surface area contributed by atoms with E-state index in [0.29, 0.717) is 28.5 Å². The Morgan fingerprint density at radius 2 is 2.04 bits per heavy atom. The van der Waals surface area contributed by atoms with Crippen LogP contribution in [0.3, 0.4) is 0 Å². The van der Waals surface area contributed by atoms with Gasteiger partial charge in [0.25, 0.3) is 0 Å². The van der Waals surface area contributed by atoms with Crippen LogP contribution in [-0.4, -0.2) is 20.2 Å². The van der Waals surface area contributed by atoms with Crippen LogP contribution in [0.15, 0.2) is 36.5 Å². The van der Waals surface area contributed by atoms with Crippen molar-refractivity contribution in [2.45, 2.75) is 31.7 Å². The van der Waals surface area contributed by atoms with Crippen molar-refractivity contribution in [1.29, 1.82) is 0 Å². The summed E-state index contributed by atoms with van der Waals surface area (Å²) in [5.74, 6) is 1.90. The number of benzene rings is 1. The molecule has 3 aromatic rings. The molecule has 0 unspecified atom stereocenters. The van der Waals surface area contributed by atoms with Gasteiger partial charge in [-0.3, -0.25) is 5.10 Å². The van der Waals surface area contributed by atoms with Gasteiger partial charge >= 0.3 is 0 Å². The van der Waals surface area contributed by atoms with E-state index in [9.17, 15) is 4.39 Å². The Morgan fingerprint density at radius 3 is 2.77 bits per heavy atom. The van der Waals surface area contributed by atoms with Crippen LogP contribution in [0.1, 0.15) is 43.0 Å². The van der Waals surface area contributed by atoms with Crippen molar-refractivity contribution in [3.63, 3.8) is 0 Å². The summed E-state index contributed by atoms with van der Waals surface area (Å²) in [6.45, 7) is 1.95. The Balaban J connectivity index is 1.48. The summed E-state index contributed by atoms with van der Waals surface area (Å²) in [6.07, 6.45) is 3.93. The van der Waals surface area contributed by atoms with Crippen LogP contribution in [0, 0.1) is 5.82 Å². The molecule has 4 rings (SSSR count). The maximum atomic E-state index is 13.1. The lowest BCUT2D eigenvalue weighted by Gasteiger charge is -2.15. The van der Waals surface area contributed by atoms with Crippen LogP contribution >= 0.6 is 11.6 Å². The Hall–Kier alpha value is -2.67. The molecule has 1 aliphatic rings. The molecule has 134 valence electrons. The van der Waals surface area contributed by atoms with Crippen LogP contribution in [0.25, 0.3) is 0 Å². The minimum Gasteiger partial charge on any atom is -0.348 e. The van der Waals surface area contributed by atoms with Gasteiger partial charge in [-0.1, -0.05) is 23.7 Å². The molecule has 0 bridgehead atoms. The number of hydrogen-bond acceptors (Lipinski definition) is 5. The monoisotopic (exact) mass is 372 g/mol. The van der Waals surface area contributed by atoms with Crippen molar-refractivity contribution in [1.82, 2.24) is 20.2 Å². The van der Waals surface area contributed by atoms with Crippen LogP contribution in [-0.2, 0) is 0 Å². The molecular weight excluding hydrogens is 355 g/mol. The number of nitrogens with zero attached hydrogens (tertiary/aromatic N) is 3. The van der Waals surface area contributed by atoms with Crippen LogP contribution < -0.4 is 10.6 Å². The second-order valence-corrected chi connectivity index (χ2v) is 6.82. The van der Waals surface area contributed by atoms with Gasteiger partial charge in [0.2, 0.25) is 5.95 Å². The molecule has 1 fully saturated rings. The number of aromatic amines is 1. The average molecular weight is 373 g/mol. The normalized spacial score (nSPS) is 14.9. The van der Waals surface area contributed by atoms with E-state index in [4.69, 9.17) is 11.6 Å². The van der Waals surface area contributed by atoms with E-state index >= 15 is 0 Å². The fourth-order valence-corrected chi connectivity index (χ4v) is 2.82. The zero-order valence-electron chi connectivity index (χ0n) is 14.1. The smallest absolute Gasteiger partial charge is 0.225 e. The Bertz CT molecular complexity index is 906. The van der Waals surface area contributed by atoms with Gasteiger partial charge in [0, 0.05) is 17.7 Å². The zero-order valence-corrected chi connectivity index (χ0v) is 14.9. The van der Waals surface area contributed by atoms with E-state index in [1.54, 1.807) is 12.1 Å². The number of halogens is 2. The molecule has 1 aliphatic carbocycles. The lowest BCUT2D eigenvalue weighted by molar-refractivity contribution is 0.626. The summed E-state index contributed by atoms with van der Waals surface area (Å²) in [4.78, 5) is 8.64. The summed E-state index contributed by atoms with van der Waals surface area (Å²) in [5.41, 5.74) is 2.06. The maximum Gasteiger partial charge on any atom is 0.225 e.